The van der Waals surface area contributed by atoms with Crippen molar-refractivity contribution in [3.05, 3.63) is 0 Å². The van der Waals surface area contributed by atoms with Gasteiger partial charge >= 0.3 is 0 Å². The first-order chi connectivity index (χ1) is 8.42. The number of aliphatic imine (C=N–C) groups is 1. The van der Waals surface area contributed by atoms with Crippen molar-refractivity contribution < 1.29 is 0 Å². The molecule has 18 heavy (non-hydrogen) atoms. The lowest BCUT2D eigenvalue weighted by atomic mass is 9.77. The van der Waals surface area contributed by atoms with E-state index in [2.05, 4.69) is 48.4 Å². The van der Waals surface area contributed by atoms with Gasteiger partial charge in [-0.1, -0.05) is 13.8 Å². The van der Waals surface area contributed by atoms with E-state index in [-0.39, 0.29) is 5.54 Å². The van der Waals surface area contributed by atoms with E-state index in [1.807, 2.05) is 6.34 Å². The van der Waals surface area contributed by atoms with Gasteiger partial charge in [-0.15, -0.1) is 0 Å². The molecule has 2 aliphatic heterocycles. The Balaban J connectivity index is 1.85. The van der Waals surface area contributed by atoms with E-state index in [9.17, 15) is 0 Å². The van der Waals surface area contributed by atoms with Crippen LogP contribution in [0.1, 0.15) is 47.0 Å². The van der Waals surface area contributed by atoms with Crippen molar-refractivity contribution in [3.63, 3.8) is 0 Å². The molecule has 0 aromatic heterocycles. The van der Waals surface area contributed by atoms with Crippen LogP contribution in [0, 0.1) is 5.41 Å². The van der Waals surface area contributed by atoms with Crippen molar-refractivity contribution in [3.8, 4) is 0 Å². The van der Waals surface area contributed by atoms with Crippen LogP contribution in [0.15, 0.2) is 4.99 Å². The fourth-order valence-electron chi connectivity index (χ4n) is 2.81. The Morgan fingerprint density at radius 2 is 2.06 bits per heavy atom. The van der Waals surface area contributed by atoms with Crippen molar-refractivity contribution in [2.24, 2.45) is 10.4 Å². The Labute approximate surface area is 111 Å². The first-order valence-corrected chi connectivity index (χ1v) is 7.17. The Morgan fingerprint density at radius 3 is 2.61 bits per heavy atom. The van der Waals surface area contributed by atoms with Gasteiger partial charge < -0.3 is 5.32 Å². The van der Waals surface area contributed by atoms with E-state index < -0.39 is 0 Å². The number of rotatable bonds is 5. The third-order valence-corrected chi connectivity index (χ3v) is 4.57. The Hall–Kier alpha value is -0.610. The predicted octanol–water partition coefficient (Wildman–Crippen LogP) is 1.78. The fraction of sp³-hybridized carbons (Fsp3) is 0.929. The number of hydrogen-bond donors (Lipinski definition) is 2. The van der Waals surface area contributed by atoms with Crippen LogP contribution in [-0.4, -0.2) is 42.6 Å². The van der Waals surface area contributed by atoms with Crippen LogP contribution in [0.4, 0.5) is 0 Å². The first kappa shape index (κ1) is 13.8. The lowest BCUT2D eigenvalue weighted by Gasteiger charge is -2.39. The number of nitrogens with zero attached hydrogens (tertiary/aromatic N) is 2. The van der Waals surface area contributed by atoms with Crippen LogP contribution in [0.3, 0.4) is 0 Å². The number of hydrazine groups is 1. The van der Waals surface area contributed by atoms with Gasteiger partial charge in [0.25, 0.3) is 0 Å². The zero-order valence-corrected chi connectivity index (χ0v) is 12.3. The molecule has 104 valence electrons. The summed E-state index contributed by atoms with van der Waals surface area (Å²) in [6.45, 7) is 12.6. The minimum absolute atomic E-state index is 0.243. The Kier molecular flexibility index (Phi) is 3.97. The SMILES string of the molecule is CC(C)(CCC(C)(C)N1CCCN1)C1CN=CN1. The molecule has 1 saturated heterocycles. The molecule has 1 atom stereocenters. The topological polar surface area (TPSA) is 39.7 Å². The molecular formula is C14H28N4. The van der Waals surface area contributed by atoms with Gasteiger partial charge in [-0.3, -0.25) is 10.4 Å². The molecule has 4 heteroatoms. The standard InChI is InChI=1S/C14H28N4/c1-13(2,12-10-15-11-16-12)6-7-14(3,4)18-9-5-8-17-18/h11-12,17H,5-10H2,1-4H3,(H,15,16). The van der Waals surface area contributed by atoms with Gasteiger partial charge in [-0.05, 0) is 38.5 Å². The second kappa shape index (κ2) is 5.17. The van der Waals surface area contributed by atoms with Crippen molar-refractivity contribution >= 4 is 6.34 Å². The average molecular weight is 252 g/mol. The zero-order valence-electron chi connectivity index (χ0n) is 12.3. The van der Waals surface area contributed by atoms with E-state index in [0.717, 1.165) is 13.1 Å². The number of nitrogens with one attached hydrogen (secondary N) is 2. The molecule has 1 fully saturated rings. The van der Waals surface area contributed by atoms with Gasteiger partial charge in [-0.2, -0.15) is 0 Å². The third-order valence-electron chi connectivity index (χ3n) is 4.57. The Bertz CT molecular complexity index is 281. The summed E-state index contributed by atoms with van der Waals surface area (Å²) in [6.07, 6.45) is 5.56. The minimum Gasteiger partial charge on any atom is -0.371 e. The molecule has 4 nitrogen and oxygen atoms in total. The van der Waals surface area contributed by atoms with E-state index >= 15 is 0 Å². The molecule has 0 spiro atoms. The molecule has 0 bridgehead atoms. The van der Waals surface area contributed by atoms with Crippen LogP contribution < -0.4 is 10.7 Å². The minimum atomic E-state index is 0.243. The second-order valence-corrected chi connectivity index (χ2v) is 6.93. The average Bonchev–Trinajstić information content (AvgIpc) is 2.99. The number of hydrogen-bond acceptors (Lipinski definition) is 4. The summed E-state index contributed by atoms with van der Waals surface area (Å²) in [6, 6.07) is 0.500. The van der Waals surface area contributed by atoms with E-state index in [4.69, 9.17) is 0 Å². The van der Waals surface area contributed by atoms with Gasteiger partial charge in [0.15, 0.2) is 0 Å². The molecule has 2 aliphatic rings. The van der Waals surface area contributed by atoms with Crippen molar-refractivity contribution in [1.82, 2.24) is 15.8 Å². The van der Waals surface area contributed by atoms with Crippen LogP contribution in [0.2, 0.25) is 0 Å². The maximum Gasteiger partial charge on any atom is 0.0827 e. The summed E-state index contributed by atoms with van der Waals surface area (Å²) in [5.74, 6) is 0. The fourth-order valence-corrected chi connectivity index (χ4v) is 2.81. The summed E-state index contributed by atoms with van der Waals surface area (Å²) in [4.78, 5) is 4.29. The molecule has 1 unspecified atom stereocenters. The van der Waals surface area contributed by atoms with E-state index in [1.165, 1.54) is 25.8 Å². The molecule has 0 amide bonds. The zero-order chi connectivity index (χ0) is 13.2. The van der Waals surface area contributed by atoms with Crippen LogP contribution >= 0.6 is 0 Å². The molecule has 0 saturated carbocycles. The van der Waals surface area contributed by atoms with Crippen LogP contribution in [0.25, 0.3) is 0 Å². The molecule has 0 radical (unpaired) electrons. The lowest BCUT2D eigenvalue weighted by Crippen LogP contribution is -2.49. The highest BCUT2D eigenvalue weighted by Gasteiger charge is 2.35. The highest BCUT2D eigenvalue weighted by molar-refractivity contribution is 5.57. The van der Waals surface area contributed by atoms with Crippen molar-refractivity contribution in [2.45, 2.75) is 58.5 Å². The summed E-state index contributed by atoms with van der Waals surface area (Å²) in [7, 11) is 0. The summed E-state index contributed by atoms with van der Waals surface area (Å²) < 4.78 is 0. The highest BCUT2D eigenvalue weighted by atomic mass is 15.6. The van der Waals surface area contributed by atoms with Gasteiger partial charge in [-0.25, -0.2) is 5.01 Å². The molecule has 0 aromatic rings. The maximum atomic E-state index is 4.29. The molecule has 0 aliphatic carbocycles. The van der Waals surface area contributed by atoms with Crippen LogP contribution in [0.5, 0.6) is 0 Å². The van der Waals surface area contributed by atoms with Crippen molar-refractivity contribution in [1.29, 1.82) is 0 Å². The molecule has 2 N–H and O–H groups in total. The normalized spacial score (nSPS) is 25.7. The quantitative estimate of drug-likeness (QED) is 0.783. The monoisotopic (exact) mass is 252 g/mol. The van der Waals surface area contributed by atoms with Crippen LogP contribution in [-0.2, 0) is 0 Å². The highest BCUT2D eigenvalue weighted by Crippen LogP contribution is 2.33. The summed E-state index contributed by atoms with van der Waals surface area (Å²) in [5, 5.41) is 5.80. The van der Waals surface area contributed by atoms with Gasteiger partial charge in [0.1, 0.15) is 0 Å². The largest absolute Gasteiger partial charge is 0.371 e. The molecule has 2 heterocycles. The summed E-state index contributed by atoms with van der Waals surface area (Å²) in [5.41, 5.74) is 4.04. The van der Waals surface area contributed by atoms with Gasteiger partial charge in [0.05, 0.1) is 18.9 Å². The molecule has 0 aromatic carbocycles. The van der Waals surface area contributed by atoms with E-state index in [1.54, 1.807) is 0 Å². The first-order valence-electron chi connectivity index (χ1n) is 7.17. The predicted molar refractivity (Wildman–Crippen MR) is 76.7 cm³/mol. The van der Waals surface area contributed by atoms with Crippen molar-refractivity contribution in [2.75, 3.05) is 19.6 Å². The van der Waals surface area contributed by atoms with Gasteiger partial charge in [0, 0.05) is 18.6 Å². The maximum absolute atomic E-state index is 4.29. The third kappa shape index (κ3) is 3.04. The Morgan fingerprint density at radius 1 is 1.28 bits per heavy atom. The summed E-state index contributed by atoms with van der Waals surface area (Å²) >= 11 is 0. The van der Waals surface area contributed by atoms with E-state index in [0.29, 0.717) is 11.5 Å². The molecule has 2 rings (SSSR count). The molecular weight excluding hydrogens is 224 g/mol. The van der Waals surface area contributed by atoms with Gasteiger partial charge in [0.2, 0.25) is 0 Å². The smallest absolute Gasteiger partial charge is 0.0827 e. The lowest BCUT2D eigenvalue weighted by molar-refractivity contribution is 0.0734. The second-order valence-electron chi connectivity index (χ2n) is 6.93.